The Morgan fingerprint density at radius 3 is 2.90 bits per heavy atom. The molecule has 1 N–H and O–H groups in total. The Bertz CT molecular complexity index is 673. The molecule has 0 spiro atoms. The highest BCUT2D eigenvalue weighted by molar-refractivity contribution is 7.71. The Morgan fingerprint density at radius 1 is 1.29 bits per heavy atom. The number of nitrogens with one attached hydrogen (secondary N) is 1. The van der Waals surface area contributed by atoms with Gasteiger partial charge in [-0.3, -0.25) is 0 Å². The lowest BCUT2D eigenvalue weighted by molar-refractivity contribution is 0.337. The van der Waals surface area contributed by atoms with Crippen LogP contribution in [0.25, 0.3) is 11.0 Å². The van der Waals surface area contributed by atoms with Gasteiger partial charge in [-0.15, -0.1) is 0 Å². The number of aromatic amines is 1. The van der Waals surface area contributed by atoms with Crippen LogP contribution in [0.1, 0.15) is 52.0 Å². The number of ether oxygens (including phenoxy) is 1. The van der Waals surface area contributed by atoms with Crippen LogP contribution in [0.3, 0.4) is 0 Å². The van der Waals surface area contributed by atoms with E-state index in [2.05, 4.69) is 28.6 Å². The maximum Gasteiger partial charge on any atom is 0.178 e. The van der Waals surface area contributed by atoms with E-state index < -0.39 is 0 Å². The topological polar surface area (TPSA) is 29.9 Å². The van der Waals surface area contributed by atoms with Crippen LogP contribution in [-0.4, -0.2) is 16.2 Å². The van der Waals surface area contributed by atoms with E-state index in [1.165, 1.54) is 37.6 Å². The minimum atomic E-state index is 0.505. The predicted octanol–water partition coefficient (Wildman–Crippen LogP) is 5.24. The average Bonchev–Trinajstić information content (AvgIpc) is 2.65. The molecule has 1 aromatic heterocycles. The van der Waals surface area contributed by atoms with Gasteiger partial charge in [0.15, 0.2) is 4.77 Å². The quantitative estimate of drug-likeness (QED) is 0.621. The molecule has 4 heteroatoms. The first-order valence-electron chi connectivity index (χ1n) is 8.08. The molecular weight excluding hydrogens is 280 g/mol. The fourth-order valence-electron chi connectivity index (χ4n) is 3.58. The standard InChI is InChI=1S/C17H24N2OS/c1-3-20-15-11-7-10-14-16(15)18-17(21)19(14)13-9-6-4-5-8-12(13)2/h7,10-13H,3-6,8-9H2,1-2H3,(H,18,21). The van der Waals surface area contributed by atoms with Gasteiger partial charge < -0.3 is 14.3 Å². The number of H-pyrrole nitrogens is 1. The SMILES string of the molecule is CCOc1cccc2c1[nH]c(=S)n2C1CCCCCC1C. The summed E-state index contributed by atoms with van der Waals surface area (Å²) in [5.74, 6) is 1.58. The van der Waals surface area contributed by atoms with Crippen molar-refractivity contribution in [1.82, 2.24) is 9.55 Å². The lowest BCUT2D eigenvalue weighted by atomic mass is 9.96. The summed E-state index contributed by atoms with van der Waals surface area (Å²) in [5, 5.41) is 0. The third kappa shape index (κ3) is 2.73. The van der Waals surface area contributed by atoms with Crippen molar-refractivity contribution in [2.75, 3.05) is 6.61 Å². The van der Waals surface area contributed by atoms with Crippen LogP contribution in [0.15, 0.2) is 18.2 Å². The molecule has 2 atom stereocenters. The van der Waals surface area contributed by atoms with E-state index in [4.69, 9.17) is 17.0 Å². The average molecular weight is 304 g/mol. The lowest BCUT2D eigenvalue weighted by Gasteiger charge is -2.24. The van der Waals surface area contributed by atoms with Gasteiger partial charge in [0.05, 0.1) is 12.1 Å². The molecule has 0 bridgehead atoms. The molecule has 2 aromatic rings. The van der Waals surface area contributed by atoms with Gasteiger partial charge in [-0.1, -0.05) is 32.3 Å². The van der Waals surface area contributed by atoms with Gasteiger partial charge in [-0.2, -0.15) is 0 Å². The largest absolute Gasteiger partial charge is 0.492 e. The predicted molar refractivity (Wildman–Crippen MR) is 89.6 cm³/mol. The Balaban J connectivity index is 2.11. The number of imidazole rings is 1. The summed E-state index contributed by atoms with van der Waals surface area (Å²) in [6.45, 7) is 5.05. The summed E-state index contributed by atoms with van der Waals surface area (Å²) in [7, 11) is 0. The van der Waals surface area contributed by atoms with Gasteiger partial charge in [0.25, 0.3) is 0 Å². The maximum atomic E-state index is 5.74. The minimum absolute atomic E-state index is 0.505. The Hall–Kier alpha value is -1.29. The smallest absolute Gasteiger partial charge is 0.178 e. The number of hydrogen-bond acceptors (Lipinski definition) is 2. The second kappa shape index (κ2) is 6.22. The van der Waals surface area contributed by atoms with Crippen molar-refractivity contribution >= 4 is 23.3 Å². The van der Waals surface area contributed by atoms with Crippen LogP contribution in [-0.2, 0) is 0 Å². The monoisotopic (exact) mass is 304 g/mol. The van der Waals surface area contributed by atoms with Crippen LogP contribution in [0.5, 0.6) is 5.75 Å². The molecule has 114 valence electrons. The molecule has 1 saturated carbocycles. The van der Waals surface area contributed by atoms with E-state index in [1.807, 2.05) is 13.0 Å². The van der Waals surface area contributed by atoms with Gasteiger partial charge in [0, 0.05) is 6.04 Å². The normalized spacial score (nSPS) is 23.1. The zero-order valence-electron chi connectivity index (χ0n) is 12.9. The first kappa shape index (κ1) is 14.6. The van der Waals surface area contributed by atoms with E-state index in [0.717, 1.165) is 16.0 Å². The summed E-state index contributed by atoms with van der Waals surface area (Å²) in [6, 6.07) is 6.73. The van der Waals surface area contributed by atoms with Gasteiger partial charge in [0.1, 0.15) is 11.3 Å². The summed E-state index contributed by atoms with van der Waals surface area (Å²) < 4.78 is 8.90. The third-order valence-electron chi connectivity index (χ3n) is 4.66. The molecule has 0 aliphatic heterocycles. The number of aromatic nitrogens is 2. The number of nitrogens with zero attached hydrogens (tertiary/aromatic N) is 1. The minimum Gasteiger partial charge on any atom is -0.492 e. The van der Waals surface area contributed by atoms with E-state index in [1.54, 1.807) is 0 Å². The zero-order chi connectivity index (χ0) is 14.8. The van der Waals surface area contributed by atoms with E-state index in [9.17, 15) is 0 Å². The second-order valence-electron chi connectivity index (χ2n) is 6.07. The van der Waals surface area contributed by atoms with Crippen LogP contribution >= 0.6 is 12.2 Å². The molecule has 2 unspecified atom stereocenters. The van der Waals surface area contributed by atoms with Crippen LogP contribution < -0.4 is 4.74 Å². The second-order valence-corrected chi connectivity index (χ2v) is 6.45. The van der Waals surface area contributed by atoms with Gasteiger partial charge >= 0.3 is 0 Å². The van der Waals surface area contributed by atoms with Crippen molar-refractivity contribution in [2.24, 2.45) is 5.92 Å². The van der Waals surface area contributed by atoms with Crippen molar-refractivity contribution in [1.29, 1.82) is 0 Å². The van der Waals surface area contributed by atoms with E-state index >= 15 is 0 Å². The molecule has 0 saturated heterocycles. The number of benzene rings is 1. The molecule has 1 aliphatic rings. The van der Waals surface area contributed by atoms with Crippen LogP contribution in [0.4, 0.5) is 0 Å². The number of rotatable bonds is 3. The lowest BCUT2D eigenvalue weighted by Crippen LogP contribution is -2.16. The summed E-state index contributed by atoms with van der Waals surface area (Å²) in [5.41, 5.74) is 2.23. The van der Waals surface area contributed by atoms with Crippen molar-refractivity contribution in [3.05, 3.63) is 23.0 Å². The molecule has 3 rings (SSSR count). The van der Waals surface area contributed by atoms with Gasteiger partial charge in [-0.25, -0.2) is 0 Å². The van der Waals surface area contributed by atoms with Crippen molar-refractivity contribution < 1.29 is 4.74 Å². The zero-order valence-corrected chi connectivity index (χ0v) is 13.7. The van der Waals surface area contributed by atoms with Crippen LogP contribution in [0.2, 0.25) is 0 Å². The van der Waals surface area contributed by atoms with Crippen molar-refractivity contribution in [3.8, 4) is 5.75 Å². The molecule has 0 radical (unpaired) electrons. The molecule has 1 aliphatic carbocycles. The summed E-state index contributed by atoms with van der Waals surface area (Å²) in [6.07, 6.45) is 6.51. The maximum absolute atomic E-state index is 5.74. The summed E-state index contributed by atoms with van der Waals surface area (Å²) in [4.78, 5) is 3.37. The van der Waals surface area contributed by atoms with E-state index in [-0.39, 0.29) is 0 Å². The molecular formula is C17H24N2OS. The molecule has 0 amide bonds. The molecule has 21 heavy (non-hydrogen) atoms. The fourth-order valence-corrected chi connectivity index (χ4v) is 3.92. The number of hydrogen-bond donors (Lipinski definition) is 1. The fraction of sp³-hybridized carbons (Fsp3) is 0.588. The van der Waals surface area contributed by atoms with Crippen molar-refractivity contribution in [3.63, 3.8) is 0 Å². The Kier molecular flexibility index (Phi) is 4.34. The highest BCUT2D eigenvalue weighted by Crippen LogP contribution is 2.36. The Morgan fingerprint density at radius 2 is 2.10 bits per heavy atom. The highest BCUT2D eigenvalue weighted by Gasteiger charge is 2.24. The molecule has 3 nitrogen and oxygen atoms in total. The summed E-state index contributed by atoms with van der Waals surface area (Å²) >= 11 is 5.63. The van der Waals surface area contributed by atoms with Crippen LogP contribution in [0, 0.1) is 10.7 Å². The molecule has 1 heterocycles. The first-order chi connectivity index (χ1) is 10.2. The van der Waals surface area contributed by atoms with E-state index in [0.29, 0.717) is 18.6 Å². The highest BCUT2D eigenvalue weighted by atomic mass is 32.1. The first-order valence-corrected chi connectivity index (χ1v) is 8.49. The third-order valence-corrected chi connectivity index (χ3v) is 4.96. The van der Waals surface area contributed by atoms with Crippen molar-refractivity contribution in [2.45, 2.75) is 52.0 Å². The molecule has 1 aromatic carbocycles. The Labute approximate surface area is 131 Å². The number of para-hydroxylation sites is 1. The number of fused-ring (bicyclic) bond motifs is 1. The molecule has 1 fully saturated rings. The van der Waals surface area contributed by atoms with Gasteiger partial charge in [0.2, 0.25) is 0 Å². The van der Waals surface area contributed by atoms with Gasteiger partial charge in [-0.05, 0) is 50.0 Å².